The maximum Gasteiger partial charge on any atom is 0.254 e. The van der Waals surface area contributed by atoms with Gasteiger partial charge in [0.25, 0.3) is 5.91 Å². The Bertz CT molecular complexity index is 1030. The molecule has 8 nitrogen and oxygen atoms in total. The minimum Gasteiger partial charge on any atom is -0.361 e. The fourth-order valence-electron chi connectivity index (χ4n) is 3.45. The van der Waals surface area contributed by atoms with Crippen molar-refractivity contribution >= 4 is 23.5 Å². The van der Waals surface area contributed by atoms with Crippen LogP contribution in [0.25, 0.3) is 0 Å². The van der Waals surface area contributed by atoms with Crippen molar-refractivity contribution in [3.63, 3.8) is 0 Å². The molecule has 1 fully saturated rings. The normalized spacial score (nSPS) is 14.6. The molecule has 4 rings (SSSR count). The molecule has 1 saturated heterocycles. The second kappa shape index (κ2) is 9.93. The van der Waals surface area contributed by atoms with E-state index in [1.807, 2.05) is 25.1 Å². The van der Waals surface area contributed by atoms with Crippen LogP contribution in [0.3, 0.4) is 0 Å². The quantitative estimate of drug-likeness (QED) is 0.564. The van der Waals surface area contributed by atoms with Gasteiger partial charge >= 0.3 is 0 Å². The lowest BCUT2D eigenvalue weighted by Gasteiger charge is -2.34. The van der Waals surface area contributed by atoms with Gasteiger partial charge in [-0.25, -0.2) is 9.97 Å². The van der Waals surface area contributed by atoms with Crippen LogP contribution in [-0.2, 0) is 12.3 Å². The molecule has 1 amide bonds. The van der Waals surface area contributed by atoms with Crippen LogP contribution in [0.1, 0.15) is 27.4 Å². The van der Waals surface area contributed by atoms with E-state index < -0.39 is 0 Å². The Labute approximate surface area is 186 Å². The van der Waals surface area contributed by atoms with Crippen molar-refractivity contribution in [1.29, 1.82) is 0 Å². The molecule has 0 aromatic carbocycles. The summed E-state index contributed by atoms with van der Waals surface area (Å²) in [5, 5.41) is 7.72. The molecule has 0 radical (unpaired) electrons. The molecule has 0 aliphatic carbocycles. The van der Waals surface area contributed by atoms with Crippen LogP contribution in [-0.4, -0.2) is 59.2 Å². The summed E-state index contributed by atoms with van der Waals surface area (Å²) in [4.78, 5) is 26.5. The Hall–Kier alpha value is -2.91. The molecule has 1 aliphatic rings. The van der Waals surface area contributed by atoms with Crippen LogP contribution in [0.15, 0.2) is 52.3 Å². The highest BCUT2D eigenvalue weighted by atomic mass is 32.2. The minimum atomic E-state index is -0.153. The number of rotatable bonds is 7. The number of likely N-dealkylation sites (N-methyl/N-ethyl adjacent to an activating group) is 1. The second-order valence-corrected chi connectivity index (χ2v) is 8.50. The number of aryl methyl sites for hydroxylation is 1. The van der Waals surface area contributed by atoms with Gasteiger partial charge in [-0.1, -0.05) is 23.0 Å². The van der Waals surface area contributed by atoms with E-state index in [0.29, 0.717) is 22.9 Å². The highest BCUT2D eigenvalue weighted by Crippen LogP contribution is 2.24. The number of aromatic nitrogens is 3. The summed E-state index contributed by atoms with van der Waals surface area (Å²) in [6, 6.07) is 9.39. The topological polar surface area (TPSA) is 87.4 Å². The lowest BCUT2D eigenvalue weighted by atomic mass is 10.2. The summed E-state index contributed by atoms with van der Waals surface area (Å²) in [6.45, 7) is 6.14. The first-order chi connectivity index (χ1) is 15.1. The first kappa shape index (κ1) is 21.3. The zero-order valence-corrected chi connectivity index (χ0v) is 18.6. The summed E-state index contributed by atoms with van der Waals surface area (Å²) < 4.78 is 5.11. The second-order valence-electron chi connectivity index (χ2n) is 7.53. The Morgan fingerprint density at radius 2 is 1.94 bits per heavy atom. The van der Waals surface area contributed by atoms with E-state index in [0.717, 1.165) is 49.0 Å². The van der Waals surface area contributed by atoms with Crippen LogP contribution in [0.2, 0.25) is 0 Å². The Morgan fingerprint density at radius 3 is 2.71 bits per heavy atom. The summed E-state index contributed by atoms with van der Waals surface area (Å²) >= 11 is 1.47. The molecule has 31 heavy (non-hydrogen) atoms. The summed E-state index contributed by atoms with van der Waals surface area (Å²) in [5.41, 5.74) is 2.39. The number of amides is 1. The Balaban J connectivity index is 1.42. The van der Waals surface area contributed by atoms with E-state index >= 15 is 0 Å². The van der Waals surface area contributed by atoms with Crippen molar-refractivity contribution in [2.45, 2.75) is 24.2 Å². The van der Waals surface area contributed by atoms with Crippen molar-refractivity contribution in [3.8, 4) is 0 Å². The van der Waals surface area contributed by atoms with Gasteiger partial charge in [-0.2, -0.15) is 0 Å². The van der Waals surface area contributed by atoms with Crippen molar-refractivity contribution in [1.82, 2.24) is 25.3 Å². The number of thioether (sulfide) groups is 1. The Morgan fingerprint density at radius 1 is 1.16 bits per heavy atom. The van der Waals surface area contributed by atoms with Gasteiger partial charge in [0.2, 0.25) is 0 Å². The predicted octanol–water partition coefficient (Wildman–Crippen LogP) is 2.75. The zero-order valence-electron chi connectivity index (χ0n) is 17.7. The number of hydrogen-bond acceptors (Lipinski definition) is 8. The SMILES string of the molecule is Cc1cc(CSc2ncccc2C(=O)NCc2cccnc2N2CCN(C)CC2)no1. The molecule has 0 spiro atoms. The molecule has 4 heterocycles. The molecule has 3 aromatic rings. The molecular formula is C22H26N6O2S. The number of carbonyl (C=O) groups is 1. The third-order valence-electron chi connectivity index (χ3n) is 5.16. The van der Waals surface area contributed by atoms with Crippen LogP contribution < -0.4 is 10.2 Å². The summed E-state index contributed by atoms with van der Waals surface area (Å²) in [5.74, 6) is 2.14. The number of nitrogens with zero attached hydrogens (tertiary/aromatic N) is 5. The van der Waals surface area contributed by atoms with Crippen LogP contribution in [0, 0.1) is 6.92 Å². The van der Waals surface area contributed by atoms with E-state index in [4.69, 9.17) is 4.52 Å². The summed E-state index contributed by atoms with van der Waals surface area (Å²) in [6.07, 6.45) is 3.50. The Kier molecular flexibility index (Phi) is 6.83. The first-order valence-corrected chi connectivity index (χ1v) is 11.2. The number of carbonyl (C=O) groups excluding carboxylic acids is 1. The number of hydrogen-bond donors (Lipinski definition) is 1. The van der Waals surface area contributed by atoms with Gasteiger partial charge in [0, 0.05) is 62.5 Å². The fraction of sp³-hybridized carbons (Fsp3) is 0.364. The van der Waals surface area contributed by atoms with Crippen LogP contribution in [0.5, 0.6) is 0 Å². The van der Waals surface area contributed by atoms with Gasteiger partial charge in [-0.15, -0.1) is 0 Å². The van der Waals surface area contributed by atoms with Gasteiger partial charge < -0.3 is 19.6 Å². The van der Waals surface area contributed by atoms with E-state index in [2.05, 4.69) is 37.3 Å². The van der Waals surface area contributed by atoms with E-state index in [1.165, 1.54) is 11.8 Å². The van der Waals surface area contributed by atoms with Gasteiger partial charge in [-0.3, -0.25) is 4.79 Å². The molecular weight excluding hydrogens is 412 g/mol. The largest absolute Gasteiger partial charge is 0.361 e. The third kappa shape index (κ3) is 5.42. The summed E-state index contributed by atoms with van der Waals surface area (Å²) in [7, 11) is 2.13. The first-order valence-electron chi connectivity index (χ1n) is 10.3. The molecule has 1 aliphatic heterocycles. The van der Waals surface area contributed by atoms with Gasteiger partial charge in [0.1, 0.15) is 16.6 Å². The maximum atomic E-state index is 12.9. The van der Waals surface area contributed by atoms with Crippen LogP contribution >= 0.6 is 11.8 Å². The average molecular weight is 439 g/mol. The lowest BCUT2D eigenvalue weighted by molar-refractivity contribution is 0.0947. The molecule has 9 heteroatoms. The van der Waals surface area contributed by atoms with E-state index in [-0.39, 0.29) is 5.91 Å². The highest BCUT2D eigenvalue weighted by Gasteiger charge is 2.19. The zero-order chi connectivity index (χ0) is 21.6. The fourth-order valence-corrected chi connectivity index (χ4v) is 4.32. The molecule has 1 N–H and O–H groups in total. The van der Waals surface area contributed by atoms with E-state index in [1.54, 1.807) is 24.5 Å². The van der Waals surface area contributed by atoms with E-state index in [9.17, 15) is 4.79 Å². The molecule has 0 bridgehead atoms. The van der Waals surface area contributed by atoms with Gasteiger partial charge in [-0.05, 0) is 32.2 Å². The molecule has 162 valence electrons. The number of piperazine rings is 1. The molecule has 3 aromatic heterocycles. The average Bonchev–Trinajstić information content (AvgIpc) is 3.22. The monoisotopic (exact) mass is 438 g/mol. The van der Waals surface area contributed by atoms with Crippen LogP contribution in [0.4, 0.5) is 5.82 Å². The molecule has 0 saturated carbocycles. The number of anilines is 1. The highest BCUT2D eigenvalue weighted by molar-refractivity contribution is 7.98. The maximum absolute atomic E-state index is 12.9. The smallest absolute Gasteiger partial charge is 0.254 e. The standard InChI is InChI=1S/C22H26N6O2S/c1-16-13-18(26-30-16)15-31-22-19(6-4-8-24-22)21(29)25-14-17-5-3-7-23-20(17)28-11-9-27(2)10-12-28/h3-8,13H,9-12,14-15H2,1-2H3,(H,25,29). The molecule has 0 unspecified atom stereocenters. The predicted molar refractivity (Wildman–Crippen MR) is 120 cm³/mol. The van der Waals surface area contributed by atoms with Gasteiger partial charge in [0.05, 0.1) is 11.3 Å². The minimum absolute atomic E-state index is 0.153. The van der Waals surface area contributed by atoms with Crippen molar-refractivity contribution < 1.29 is 9.32 Å². The van der Waals surface area contributed by atoms with Gasteiger partial charge in [0.15, 0.2) is 0 Å². The van der Waals surface area contributed by atoms with Crippen molar-refractivity contribution in [3.05, 3.63) is 65.3 Å². The number of nitrogens with one attached hydrogen (secondary N) is 1. The molecule has 0 atom stereocenters. The van der Waals surface area contributed by atoms with Crippen molar-refractivity contribution in [2.24, 2.45) is 0 Å². The lowest BCUT2D eigenvalue weighted by Crippen LogP contribution is -2.45. The number of pyridine rings is 2. The third-order valence-corrected chi connectivity index (χ3v) is 6.20. The van der Waals surface area contributed by atoms with Crippen molar-refractivity contribution in [2.75, 3.05) is 38.1 Å².